The van der Waals surface area contributed by atoms with E-state index in [2.05, 4.69) is 55.1 Å². The molecule has 6 aromatic rings. The molecular formula is C34H31F3N6O2. The Balaban J connectivity index is 0.971. The fraction of sp³-hybridized carbons (Fsp3) is 0.235. The van der Waals surface area contributed by atoms with Gasteiger partial charge in [0, 0.05) is 38.3 Å². The van der Waals surface area contributed by atoms with E-state index in [1.54, 1.807) is 30.3 Å². The molecule has 230 valence electrons. The fourth-order valence-corrected chi connectivity index (χ4v) is 5.85. The van der Waals surface area contributed by atoms with Gasteiger partial charge in [-0.25, -0.2) is 9.97 Å². The number of aromatic nitrogens is 4. The summed E-state index contributed by atoms with van der Waals surface area (Å²) < 4.78 is 45.2. The molecule has 0 amide bonds. The second-order valence-electron chi connectivity index (χ2n) is 11.2. The molecule has 3 heterocycles. The number of H-pyrrole nitrogens is 2. The molecule has 1 fully saturated rings. The van der Waals surface area contributed by atoms with Gasteiger partial charge < -0.3 is 24.7 Å². The van der Waals surface area contributed by atoms with Gasteiger partial charge in [-0.05, 0) is 53.9 Å². The smallest absolute Gasteiger partial charge is 0.449 e. The highest BCUT2D eigenvalue weighted by atomic mass is 19.4. The first-order valence-corrected chi connectivity index (χ1v) is 14.8. The topological polar surface area (TPSA) is 93.3 Å². The van der Waals surface area contributed by atoms with Crippen LogP contribution in [0.2, 0.25) is 0 Å². The number of imidazole rings is 2. The highest BCUT2D eigenvalue weighted by molar-refractivity contribution is 5.91. The molecule has 0 atom stereocenters. The number of ether oxygens (including phenoxy) is 1. The summed E-state index contributed by atoms with van der Waals surface area (Å²) in [4.78, 5) is 19.1. The molecule has 0 aliphatic carbocycles. The van der Waals surface area contributed by atoms with Crippen LogP contribution in [0.3, 0.4) is 0 Å². The van der Waals surface area contributed by atoms with Gasteiger partial charge in [-0.15, -0.1) is 0 Å². The molecule has 0 saturated carbocycles. The Bertz CT molecular complexity index is 1940. The van der Waals surface area contributed by atoms with Crippen molar-refractivity contribution in [3.63, 3.8) is 0 Å². The van der Waals surface area contributed by atoms with Crippen molar-refractivity contribution in [1.82, 2.24) is 24.8 Å². The summed E-state index contributed by atoms with van der Waals surface area (Å²) in [6.07, 6.45) is -3.81. The fourth-order valence-electron chi connectivity index (χ4n) is 5.85. The van der Waals surface area contributed by atoms with E-state index < -0.39 is 12.0 Å². The number of phenols is 1. The maximum Gasteiger partial charge on any atom is 0.449 e. The van der Waals surface area contributed by atoms with Crippen LogP contribution in [0.15, 0.2) is 84.9 Å². The molecular weight excluding hydrogens is 581 g/mol. The van der Waals surface area contributed by atoms with Crippen LogP contribution < -0.4 is 9.64 Å². The van der Waals surface area contributed by atoms with E-state index >= 15 is 0 Å². The van der Waals surface area contributed by atoms with Crippen molar-refractivity contribution in [2.75, 3.05) is 44.2 Å². The second kappa shape index (κ2) is 11.8. The van der Waals surface area contributed by atoms with Crippen LogP contribution in [0, 0.1) is 0 Å². The molecule has 4 aromatic carbocycles. The predicted octanol–water partition coefficient (Wildman–Crippen LogP) is 6.62. The normalized spacial score (nSPS) is 14.4. The molecule has 1 aliphatic rings. The van der Waals surface area contributed by atoms with Crippen molar-refractivity contribution in [2.24, 2.45) is 0 Å². The number of phenolic OH excluding ortho intramolecular Hbond substituents is 1. The molecule has 8 nitrogen and oxygen atoms in total. The number of hydrogen-bond acceptors (Lipinski definition) is 6. The number of alkyl halides is 3. The number of hydrogen-bond donors (Lipinski definition) is 3. The van der Waals surface area contributed by atoms with Gasteiger partial charge in [0.2, 0.25) is 5.82 Å². The maximum atomic E-state index is 13.1. The zero-order valence-electron chi connectivity index (χ0n) is 24.3. The van der Waals surface area contributed by atoms with Gasteiger partial charge >= 0.3 is 6.18 Å². The van der Waals surface area contributed by atoms with Crippen molar-refractivity contribution in [1.29, 1.82) is 0 Å². The maximum absolute atomic E-state index is 13.1. The van der Waals surface area contributed by atoms with Crippen molar-refractivity contribution in [3.05, 3.63) is 102 Å². The summed E-state index contributed by atoms with van der Waals surface area (Å²) in [6, 6.07) is 26.7. The number of fused-ring (bicyclic) bond motifs is 2. The van der Waals surface area contributed by atoms with Crippen LogP contribution in [0.5, 0.6) is 11.5 Å². The number of benzene rings is 4. The molecule has 0 spiro atoms. The minimum Gasteiger partial charge on any atom is -0.508 e. The van der Waals surface area contributed by atoms with Crippen LogP contribution in [-0.2, 0) is 12.6 Å². The van der Waals surface area contributed by atoms with E-state index in [9.17, 15) is 18.3 Å². The molecule has 0 bridgehead atoms. The van der Waals surface area contributed by atoms with Crippen LogP contribution in [0.1, 0.15) is 17.0 Å². The molecule has 11 heteroatoms. The van der Waals surface area contributed by atoms with Crippen molar-refractivity contribution in [2.45, 2.75) is 12.6 Å². The average molecular weight is 613 g/mol. The quantitative estimate of drug-likeness (QED) is 0.179. The lowest BCUT2D eigenvalue weighted by atomic mass is 10.0. The lowest BCUT2D eigenvalue weighted by molar-refractivity contribution is -0.144. The third kappa shape index (κ3) is 6.16. The summed E-state index contributed by atoms with van der Waals surface area (Å²) in [6.45, 7) is 4.27. The molecule has 0 unspecified atom stereocenters. The van der Waals surface area contributed by atoms with E-state index in [4.69, 9.17) is 9.72 Å². The van der Waals surface area contributed by atoms with Crippen molar-refractivity contribution >= 4 is 27.8 Å². The average Bonchev–Trinajstić information content (AvgIpc) is 3.68. The summed E-state index contributed by atoms with van der Waals surface area (Å²) >= 11 is 0. The molecule has 1 saturated heterocycles. The summed E-state index contributed by atoms with van der Waals surface area (Å²) in [5.74, 6) is 0.394. The zero-order valence-corrected chi connectivity index (χ0v) is 24.3. The third-order valence-corrected chi connectivity index (χ3v) is 8.16. The first-order chi connectivity index (χ1) is 21.8. The molecule has 1 aliphatic heterocycles. The van der Waals surface area contributed by atoms with E-state index in [0.717, 1.165) is 71.8 Å². The minimum absolute atomic E-state index is 0.186. The first kappa shape index (κ1) is 28.7. The minimum atomic E-state index is -4.54. The molecule has 0 radical (unpaired) electrons. The standard InChI is InChI=1S/C34H31F3N6O2/c35-34(36,37)33-39-27-7-3-9-29(31(27)41-33)45-19-18-42-14-16-43(17-15-42)28-8-2-6-26-30(28)40-32(38-26)24-12-10-22(11-13-24)20-23-4-1-5-25(44)21-23/h1-13,21,44H,14-20H2,(H,38,40)(H,39,41). The van der Waals surface area contributed by atoms with Crippen LogP contribution >= 0.6 is 0 Å². The Morgan fingerprint density at radius 1 is 0.778 bits per heavy atom. The van der Waals surface area contributed by atoms with Gasteiger partial charge in [0.05, 0.1) is 16.7 Å². The Hall–Kier alpha value is -5.03. The lowest BCUT2D eigenvalue weighted by Crippen LogP contribution is -2.47. The Morgan fingerprint density at radius 3 is 2.27 bits per heavy atom. The zero-order chi connectivity index (χ0) is 31.0. The monoisotopic (exact) mass is 612 g/mol. The van der Waals surface area contributed by atoms with Crippen LogP contribution in [0.4, 0.5) is 18.9 Å². The number of piperazine rings is 1. The van der Waals surface area contributed by atoms with Gasteiger partial charge in [-0.1, -0.05) is 48.5 Å². The number of rotatable bonds is 8. The van der Waals surface area contributed by atoms with E-state index in [1.807, 2.05) is 24.3 Å². The summed E-state index contributed by atoms with van der Waals surface area (Å²) in [5, 5.41) is 9.75. The van der Waals surface area contributed by atoms with Crippen molar-refractivity contribution < 1.29 is 23.0 Å². The molecule has 2 aromatic heterocycles. The highest BCUT2D eigenvalue weighted by Crippen LogP contribution is 2.32. The number of anilines is 1. The van der Waals surface area contributed by atoms with Gasteiger partial charge in [-0.2, -0.15) is 13.2 Å². The predicted molar refractivity (Wildman–Crippen MR) is 168 cm³/mol. The number of nitrogens with one attached hydrogen (secondary N) is 2. The molecule has 45 heavy (non-hydrogen) atoms. The Labute approximate surface area is 257 Å². The number of aromatic hydroxyl groups is 1. The summed E-state index contributed by atoms with van der Waals surface area (Å²) in [7, 11) is 0. The van der Waals surface area contributed by atoms with Gasteiger partial charge in [0.1, 0.15) is 35.0 Å². The first-order valence-electron chi connectivity index (χ1n) is 14.8. The van der Waals surface area contributed by atoms with E-state index in [1.165, 1.54) is 0 Å². The number of aromatic amines is 2. The summed E-state index contributed by atoms with van der Waals surface area (Å²) in [5.41, 5.74) is 6.67. The molecule has 7 rings (SSSR count). The van der Waals surface area contributed by atoms with Gasteiger partial charge in [0.25, 0.3) is 0 Å². The van der Waals surface area contributed by atoms with Gasteiger partial charge in [-0.3, -0.25) is 4.90 Å². The van der Waals surface area contributed by atoms with Gasteiger partial charge in [0.15, 0.2) is 0 Å². The Morgan fingerprint density at radius 2 is 1.51 bits per heavy atom. The SMILES string of the molecule is Oc1cccc(Cc2ccc(-c3nc4c(N5CCN(CCOc6cccc7[nH]c(C(F)(F)F)nc67)CC5)cccc4[nH]3)cc2)c1. The molecule has 3 N–H and O–H groups in total. The number of nitrogens with zero attached hydrogens (tertiary/aromatic N) is 4. The van der Waals surface area contributed by atoms with Crippen LogP contribution in [-0.4, -0.2) is 69.3 Å². The van der Waals surface area contributed by atoms with Crippen LogP contribution in [0.25, 0.3) is 33.5 Å². The third-order valence-electron chi connectivity index (χ3n) is 8.16. The lowest BCUT2D eigenvalue weighted by Gasteiger charge is -2.36. The van der Waals surface area contributed by atoms with Crippen molar-refractivity contribution in [3.8, 4) is 22.9 Å². The largest absolute Gasteiger partial charge is 0.508 e. The van der Waals surface area contributed by atoms with E-state index in [-0.39, 0.29) is 11.3 Å². The number of halogens is 3. The second-order valence-corrected chi connectivity index (χ2v) is 11.2. The number of para-hydroxylation sites is 2. The Kier molecular flexibility index (Phi) is 7.54. The van der Waals surface area contributed by atoms with E-state index in [0.29, 0.717) is 24.4 Å². The highest BCUT2D eigenvalue weighted by Gasteiger charge is 2.35.